The Morgan fingerprint density at radius 3 is 2.57 bits per heavy atom. The van der Waals surface area contributed by atoms with Crippen LogP contribution >= 0.6 is 34.5 Å². The fourth-order valence-corrected chi connectivity index (χ4v) is 4.42. The molecule has 2 aromatic carbocycles. The normalized spacial score (nSPS) is 10.9. The number of thiazole rings is 1. The van der Waals surface area contributed by atoms with E-state index in [0.717, 1.165) is 21.8 Å². The van der Waals surface area contributed by atoms with E-state index in [2.05, 4.69) is 20.6 Å². The molecule has 0 saturated carbocycles. The molecule has 9 heteroatoms. The van der Waals surface area contributed by atoms with E-state index < -0.39 is 0 Å². The topological polar surface area (TPSA) is 72.7 Å². The van der Waals surface area contributed by atoms with Crippen LogP contribution in [0.2, 0.25) is 10.0 Å². The van der Waals surface area contributed by atoms with E-state index in [4.69, 9.17) is 23.2 Å². The number of aromatic nitrogens is 4. The number of hydrogen-bond acceptors (Lipinski definition) is 5. The summed E-state index contributed by atoms with van der Waals surface area (Å²) in [5.41, 5.74) is 3.55. The van der Waals surface area contributed by atoms with Crippen LogP contribution in [0.4, 0.5) is 5.13 Å². The number of hydrogen-bond donors (Lipinski definition) is 1. The molecular weight excluding hydrogens is 441 g/mol. The lowest BCUT2D eigenvalue weighted by Gasteiger charge is -2.04. The molecule has 2 heterocycles. The third-order valence-corrected chi connectivity index (χ3v) is 6.07. The first-order valence-electron chi connectivity index (χ1n) is 9.11. The average Bonchev–Trinajstić information content (AvgIpc) is 3.24. The van der Waals surface area contributed by atoms with Crippen molar-refractivity contribution in [3.63, 3.8) is 0 Å². The Hall–Kier alpha value is -2.74. The van der Waals surface area contributed by atoms with Gasteiger partial charge in [-0.25, -0.2) is 9.67 Å². The molecule has 6 nitrogen and oxygen atoms in total. The third-order valence-electron chi connectivity index (χ3n) is 4.53. The van der Waals surface area contributed by atoms with Crippen LogP contribution in [0, 0.1) is 13.8 Å². The molecular formula is C21H17Cl2N5OS. The number of amides is 1. The summed E-state index contributed by atoms with van der Waals surface area (Å²) < 4.78 is 1.58. The fraction of sp³-hybridized carbons (Fsp3) is 0.143. The van der Waals surface area contributed by atoms with Crippen molar-refractivity contribution < 1.29 is 4.79 Å². The minimum absolute atomic E-state index is 0.235. The molecule has 0 atom stereocenters. The molecule has 30 heavy (non-hydrogen) atoms. The van der Waals surface area contributed by atoms with Crippen LogP contribution in [0.5, 0.6) is 0 Å². The van der Waals surface area contributed by atoms with Crippen molar-refractivity contribution in [2.24, 2.45) is 0 Å². The number of nitrogens with one attached hydrogen (secondary N) is 1. The molecule has 0 bridgehead atoms. The Morgan fingerprint density at radius 1 is 1.10 bits per heavy atom. The second-order valence-electron chi connectivity index (χ2n) is 6.70. The summed E-state index contributed by atoms with van der Waals surface area (Å²) in [6.07, 6.45) is 0.698. The second-order valence-corrected chi connectivity index (χ2v) is 8.66. The van der Waals surface area contributed by atoms with Gasteiger partial charge in [-0.15, -0.1) is 16.4 Å². The summed E-state index contributed by atoms with van der Waals surface area (Å²) >= 11 is 13.6. The summed E-state index contributed by atoms with van der Waals surface area (Å²) in [6, 6.07) is 14.9. The summed E-state index contributed by atoms with van der Waals surface area (Å²) in [6.45, 7) is 3.71. The van der Waals surface area contributed by atoms with Crippen LogP contribution < -0.4 is 5.32 Å². The predicted molar refractivity (Wildman–Crippen MR) is 120 cm³/mol. The molecule has 0 aliphatic heterocycles. The third kappa shape index (κ3) is 4.38. The number of halogens is 2. The molecule has 0 unspecified atom stereocenters. The van der Waals surface area contributed by atoms with Gasteiger partial charge in [0.1, 0.15) is 0 Å². The van der Waals surface area contributed by atoms with Crippen LogP contribution in [0.1, 0.15) is 32.3 Å². The Kier molecular flexibility index (Phi) is 5.85. The van der Waals surface area contributed by atoms with Gasteiger partial charge in [-0.2, -0.15) is 0 Å². The number of nitrogens with zero attached hydrogens (tertiary/aromatic N) is 4. The fourth-order valence-electron chi connectivity index (χ4n) is 3.03. The molecule has 0 aliphatic rings. The molecule has 4 rings (SSSR count). The first kappa shape index (κ1) is 20.5. The number of carbonyl (C=O) groups is 1. The first-order valence-corrected chi connectivity index (χ1v) is 10.7. The van der Waals surface area contributed by atoms with Gasteiger partial charge in [-0.05, 0) is 49.7 Å². The summed E-state index contributed by atoms with van der Waals surface area (Å²) in [5.74, 6) is -0.358. The van der Waals surface area contributed by atoms with Gasteiger partial charge in [0.2, 0.25) is 0 Å². The predicted octanol–water partition coefficient (Wildman–Crippen LogP) is 5.49. The first-order chi connectivity index (χ1) is 14.4. The van der Waals surface area contributed by atoms with Crippen molar-refractivity contribution in [2.75, 3.05) is 5.32 Å². The van der Waals surface area contributed by atoms with E-state index in [1.165, 1.54) is 11.3 Å². The Morgan fingerprint density at radius 2 is 1.83 bits per heavy atom. The van der Waals surface area contributed by atoms with Crippen molar-refractivity contribution in [3.8, 4) is 5.69 Å². The number of rotatable bonds is 5. The molecule has 0 aliphatic carbocycles. The number of benzene rings is 2. The van der Waals surface area contributed by atoms with E-state index in [1.807, 2.05) is 43.3 Å². The molecule has 0 spiro atoms. The number of anilines is 1. The summed E-state index contributed by atoms with van der Waals surface area (Å²) in [5, 5.41) is 12.8. The van der Waals surface area contributed by atoms with Crippen molar-refractivity contribution in [1.82, 2.24) is 20.0 Å². The zero-order valence-corrected chi connectivity index (χ0v) is 18.5. The maximum atomic E-state index is 12.8. The van der Waals surface area contributed by atoms with Gasteiger partial charge in [0.05, 0.1) is 17.1 Å². The highest BCUT2D eigenvalue weighted by molar-refractivity contribution is 7.15. The van der Waals surface area contributed by atoms with E-state index >= 15 is 0 Å². The zero-order valence-electron chi connectivity index (χ0n) is 16.2. The molecule has 2 aromatic heterocycles. The highest BCUT2D eigenvalue weighted by Crippen LogP contribution is 2.27. The summed E-state index contributed by atoms with van der Waals surface area (Å²) in [4.78, 5) is 18.3. The Bertz CT molecular complexity index is 1230. The van der Waals surface area contributed by atoms with Crippen molar-refractivity contribution in [1.29, 1.82) is 0 Å². The molecule has 152 valence electrons. The molecule has 0 fully saturated rings. The lowest BCUT2D eigenvalue weighted by molar-refractivity contribution is 0.102. The minimum Gasteiger partial charge on any atom is -0.296 e. The van der Waals surface area contributed by atoms with E-state index in [-0.39, 0.29) is 11.6 Å². The number of carbonyl (C=O) groups excluding carboxylic acids is 1. The van der Waals surface area contributed by atoms with E-state index in [9.17, 15) is 4.79 Å². The smallest absolute Gasteiger partial charge is 0.279 e. The zero-order chi connectivity index (χ0) is 21.3. The summed E-state index contributed by atoms with van der Waals surface area (Å²) in [7, 11) is 0. The quantitative estimate of drug-likeness (QED) is 0.429. The van der Waals surface area contributed by atoms with Gasteiger partial charge < -0.3 is 0 Å². The maximum absolute atomic E-state index is 12.8. The highest BCUT2D eigenvalue weighted by Gasteiger charge is 2.19. The minimum atomic E-state index is -0.358. The van der Waals surface area contributed by atoms with Gasteiger partial charge in [0, 0.05) is 21.3 Å². The average molecular weight is 458 g/mol. The monoisotopic (exact) mass is 457 g/mol. The van der Waals surface area contributed by atoms with Gasteiger partial charge in [-0.1, -0.05) is 46.6 Å². The molecule has 1 amide bonds. The lowest BCUT2D eigenvalue weighted by atomic mass is 10.1. The van der Waals surface area contributed by atoms with Gasteiger partial charge >= 0.3 is 0 Å². The Balaban J connectivity index is 1.52. The molecule has 4 aromatic rings. The van der Waals surface area contributed by atoms with E-state index in [0.29, 0.717) is 27.3 Å². The molecule has 0 saturated heterocycles. The van der Waals surface area contributed by atoms with E-state index in [1.54, 1.807) is 23.7 Å². The lowest BCUT2D eigenvalue weighted by Crippen LogP contribution is -2.14. The van der Waals surface area contributed by atoms with Crippen LogP contribution in [-0.4, -0.2) is 25.9 Å². The van der Waals surface area contributed by atoms with Crippen molar-refractivity contribution in [2.45, 2.75) is 20.3 Å². The number of aryl methyl sites for hydroxylation is 1. The van der Waals surface area contributed by atoms with Crippen LogP contribution in [-0.2, 0) is 6.42 Å². The second kappa shape index (κ2) is 8.55. The SMILES string of the molecule is Cc1nc(NC(=O)c2nnn(-c3cccc(Cl)c3)c2C)sc1Cc1cccc(Cl)c1. The van der Waals surface area contributed by atoms with Crippen LogP contribution in [0.25, 0.3) is 5.69 Å². The maximum Gasteiger partial charge on any atom is 0.279 e. The van der Waals surface area contributed by atoms with Gasteiger partial charge in [0.25, 0.3) is 5.91 Å². The van der Waals surface area contributed by atoms with Crippen molar-refractivity contribution in [3.05, 3.63) is 86.1 Å². The van der Waals surface area contributed by atoms with Crippen LogP contribution in [0.3, 0.4) is 0 Å². The van der Waals surface area contributed by atoms with Gasteiger partial charge in [0.15, 0.2) is 10.8 Å². The highest BCUT2D eigenvalue weighted by atomic mass is 35.5. The Labute approximate surface area is 187 Å². The van der Waals surface area contributed by atoms with Crippen LogP contribution in [0.15, 0.2) is 48.5 Å². The van der Waals surface area contributed by atoms with Gasteiger partial charge in [-0.3, -0.25) is 10.1 Å². The largest absolute Gasteiger partial charge is 0.296 e. The molecule has 1 N–H and O–H groups in total. The molecule has 0 radical (unpaired) electrons. The van der Waals surface area contributed by atoms with Crippen molar-refractivity contribution >= 4 is 45.6 Å². The standard InChI is InChI=1S/C21H17Cl2N5OS/c1-12-18(10-14-5-3-6-15(22)9-14)30-21(24-12)25-20(29)19-13(2)28(27-26-19)17-8-4-7-16(23)11-17/h3-9,11H,10H2,1-2H3,(H,24,25,29).